The summed E-state index contributed by atoms with van der Waals surface area (Å²) in [6.07, 6.45) is 1.52. The Labute approximate surface area is 179 Å². The van der Waals surface area contributed by atoms with Gasteiger partial charge in [-0.1, -0.05) is 36.4 Å². The Balaban J connectivity index is 1.89. The molecule has 3 aromatic rings. The van der Waals surface area contributed by atoms with E-state index in [4.69, 9.17) is 9.84 Å². The summed E-state index contributed by atoms with van der Waals surface area (Å²) in [6.45, 7) is 0. The van der Waals surface area contributed by atoms with Gasteiger partial charge in [-0.25, -0.2) is 4.79 Å². The molecule has 156 valence electrons. The van der Waals surface area contributed by atoms with E-state index >= 15 is 0 Å². The van der Waals surface area contributed by atoms with Gasteiger partial charge in [-0.2, -0.15) is 0 Å². The van der Waals surface area contributed by atoms with Gasteiger partial charge in [-0.15, -0.1) is 0 Å². The summed E-state index contributed by atoms with van der Waals surface area (Å²) in [5, 5.41) is 14.4. The molecule has 0 saturated carbocycles. The average Bonchev–Trinajstić information content (AvgIpc) is 2.79. The number of carbonyl (C=O) groups excluding carboxylic acids is 2. The van der Waals surface area contributed by atoms with Crippen molar-refractivity contribution in [3.8, 4) is 5.75 Å². The SMILES string of the molecule is COc1ccc(/C=C(/NC(=O)c2ccccc2)C(=O)Nc2cccc(C(=O)O)c2)cc1. The zero-order chi connectivity index (χ0) is 22.2. The summed E-state index contributed by atoms with van der Waals surface area (Å²) in [5.41, 5.74) is 1.38. The Morgan fingerprint density at radius 1 is 0.871 bits per heavy atom. The van der Waals surface area contributed by atoms with Crippen LogP contribution in [-0.4, -0.2) is 30.0 Å². The van der Waals surface area contributed by atoms with Crippen LogP contribution in [0.4, 0.5) is 5.69 Å². The third kappa shape index (κ3) is 5.80. The second-order valence-corrected chi connectivity index (χ2v) is 6.49. The number of methoxy groups -OCH3 is 1. The summed E-state index contributed by atoms with van der Waals surface area (Å²) in [7, 11) is 1.55. The van der Waals surface area contributed by atoms with Gasteiger partial charge in [0.25, 0.3) is 11.8 Å². The lowest BCUT2D eigenvalue weighted by Gasteiger charge is -2.12. The molecule has 0 fully saturated rings. The first kappa shape index (κ1) is 21.3. The fourth-order valence-electron chi connectivity index (χ4n) is 2.74. The molecule has 3 rings (SSSR count). The largest absolute Gasteiger partial charge is 0.497 e. The number of amides is 2. The van der Waals surface area contributed by atoms with Crippen molar-refractivity contribution in [2.24, 2.45) is 0 Å². The summed E-state index contributed by atoms with van der Waals surface area (Å²) in [4.78, 5) is 36.7. The van der Waals surface area contributed by atoms with Crippen molar-refractivity contribution in [1.82, 2.24) is 5.32 Å². The Hall–Kier alpha value is -4.39. The summed E-state index contributed by atoms with van der Waals surface area (Å²) < 4.78 is 5.14. The standard InChI is InChI=1S/C24H20N2O5/c1-31-20-12-10-16(11-13-20)14-21(26-22(27)17-6-3-2-4-7-17)23(28)25-19-9-5-8-18(15-19)24(29)30/h2-15H,1H3,(H,25,28)(H,26,27)(H,29,30)/b21-14+. The van der Waals surface area contributed by atoms with Gasteiger partial charge >= 0.3 is 5.97 Å². The summed E-state index contributed by atoms with van der Waals surface area (Å²) in [5.74, 6) is -1.50. The van der Waals surface area contributed by atoms with Crippen LogP contribution in [0.5, 0.6) is 5.75 Å². The minimum Gasteiger partial charge on any atom is -0.497 e. The van der Waals surface area contributed by atoms with E-state index in [1.54, 1.807) is 67.8 Å². The van der Waals surface area contributed by atoms with Gasteiger partial charge in [0, 0.05) is 11.3 Å². The molecule has 0 radical (unpaired) electrons. The van der Waals surface area contributed by atoms with E-state index in [1.807, 2.05) is 0 Å². The molecule has 0 heterocycles. The average molecular weight is 416 g/mol. The number of hydrogen-bond acceptors (Lipinski definition) is 4. The van der Waals surface area contributed by atoms with Crippen LogP contribution in [-0.2, 0) is 4.79 Å². The number of carbonyl (C=O) groups is 3. The first-order valence-corrected chi connectivity index (χ1v) is 9.33. The second-order valence-electron chi connectivity index (χ2n) is 6.49. The van der Waals surface area contributed by atoms with Gasteiger partial charge in [0.1, 0.15) is 11.4 Å². The van der Waals surface area contributed by atoms with Gasteiger partial charge in [0.2, 0.25) is 0 Å². The molecule has 0 unspecified atom stereocenters. The molecule has 0 aliphatic rings. The van der Waals surface area contributed by atoms with Gasteiger partial charge in [0.05, 0.1) is 12.7 Å². The molecular formula is C24H20N2O5. The molecule has 3 N–H and O–H groups in total. The Morgan fingerprint density at radius 3 is 2.19 bits per heavy atom. The van der Waals surface area contributed by atoms with E-state index in [2.05, 4.69) is 10.6 Å². The fraction of sp³-hybridized carbons (Fsp3) is 0.0417. The number of aromatic carboxylic acids is 1. The maximum atomic E-state index is 12.9. The highest BCUT2D eigenvalue weighted by Gasteiger charge is 2.15. The summed E-state index contributed by atoms with van der Waals surface area (Å²) >= 11 is 0. The Kier molecular flexibility index (Phi) is 6.80. The fourth-order valence-corrected chi connectivity index (χ4v) is 2.74. The molecule has 0 aliphatic carbocycles. The molecule has 0 bridgehead atoms. The predicted molar refractivity (Wildman–Crippen MR) is 117 cm³/mol. The zero-order valence-electron chi connectivity index (χ0n) is 16.7. The van der Waals surface area contributed by atoms with Gasteiger partial charge < -0.3 is 20.5 Å². The number of benzene rings is 3. The van der Waals surface area contributed by atoms with Crippen LogP contribution in [0.25, 0.3) is 6.08 Å². The topological polar surface area (TPSA) is 105 Å². The van der Waals surface area contributed by atoms with E-state index < -0.39 is 17.8 Å². The molecular weight excluding hydrogens is 396 g/mol. The smallest absolute Gasteiger partial charge is 0.335 e. The third-order valence-corrected chi connectivity index (χ3v) is 4.32. The van der Waals surface area contributed by atoms with Crippen molar-refractivity contribution in [3.63, 3.8) is 0 Å². The number of anilines is 1. The molecule has 0 spiro atoms. The van der Waals surface area contributed by atoms with E-state index in [-0.39, 0.29) is 11.3 Å². The molecule has 31 heavy (non-hydrogen) atoms. The monoisotopic (exact) mass is 416 g/mol. The zero-order valence-corrected chi connectivity index (χ0v) is 16.7. The van der Waals surface area contributed by atoms with Crippen molar-refractivity contribution in [2.75, 3.05) is 12.4 Å². The minimum absolute atomic E-state index is 0.000233. The third-order valence-electron chi connectivity index (χ3n) is 4.32. The first-order chi connectivity index (χ1) is 15.0. The Morgan fingerprint density at radius 2 is 1.55 bits per heavy atom. The highest BCUT2D eigenvalue weighted by atomic mass is 16.5. The maximum Gasteiger partial charge on any atom is 0.335 e. The number of carboxylic acids is 1. The number of hydrogen-bond donors (Lipinski definition) is 3. The molecule has 3 aromatic carbocycles. The summed E-state index contributed by atoms with van der Waals surface area (Å²) in [6, 6.07) is 21.3. The second kappa shape index (κ2) is 9.89. The first-order valence-electron chi connectivity index (χ1n) is 9.33. The minimum atomic E-state index is -1.11. The van der Waals surface area contributed by atoms with Crippen LogP contribution in [0.3, 0.4) is 0 Å². The molecule has 7 nitrogen and oxygen atoms in total. The van der Waals surface area contributed by atoms with Crippen molar-refractivity contribution in [3.05, 3.63) is 101 Å². The van der Waals surface area contributed by atoms with E-state index in [0.717, 1.165) is 0 Å². The molecule has 7 heteroatoms. The van der Waals surface area contributed by atoms with Crippen LogP contribution in [0.2, 0.25) is 0 Å². The predicted octanol–water partition coefficient (Wildman–Crippen LogP) is 3.80. The number of ether oxygens (including phenoxy) is 1. The lowest BCUT2D eigenvalue weighted by atomic mass is 10.1. The lowest BCUT2D eigenvalue weighted by Crippen LogP contribution is -2.30. The van der Waals surface area contributed by atoms with E-state index in [9.17, 15) is 14.4 Å². The van der Waals surface area contributed by atoms with E-state index in [1.165, 1.54) is 24.3 Å². The van der Waals surface area contributed by atoms with Crippen LogP contribution >= 0.6 is 0 Å². The normalized spacial score (nSPS) is 10.8. The highest BCUT2D eigenvalue weighted by Crippen LogP contribution is 2.16. The molecule has 0 aromatic heterocycles. The van der Waals surface area contributed by atoms with Crippen LogP contribution in [0.15, 0.2) is 84.6 Å². The van der Waals surface area contributed by atoms with Crippen LogP contribution < -0.4 is 15.4 Å². The van der Waals surface area contributed by atoms with Crippen LogP contribution in [0.1, 0.15) is 26.3 Å². The van der Waals surface area contributed by atoms with Crippen molar-refractivity contribution >= 4 is 29.5 Å². The number of carboxylic acid groups (broad SMARTS) is 1. The quantitative estimate of drug-likeness (QED) is 0.508. The van der Waals surface area contributed by atoms with E-state index in [0.29, 0.717) is 22.6 Å². The molecule has 0 aliphatic heterocycles. The van der Waals surface area contributed by atoms with Gasteiger partial charge in [-0.3, -0.25) is 9.59 Å². The molecule has 0 saturated heterocycles. The van der Waals surface area contributed by atoms with Crippen molar-refractivity contribution in [1.29, 1.82) is 0 Å². The lowest BCUT2D eigenvalue weighted by molar-refractivity contribution is -0.113. The van der Waals surface area contributed by atoms with Gasteiger partial charge in [-0.05, 0) is 54.1 Å². The van der Waals surface area contributed by atoms with Crippen molar-refractivity contribution in [2.45, 2.75) is 0 Å². The van der Waals surface area contributed by atoms with Gasteiger partial charge in [0.15, 0.2) is 0 Å². The number of nitrogens with one attached hydrogen (secondary N) is 2. The van der Waals surface area contributed by atoms with Crippen molar-refractivity contribution < 1.29 is 24.2 Å². The molecule has 2 amide bonds. The maximum absolute atomic E-state index is 12.9. The van der Waals surface area contributed by atoms with Crippen LogP contribution in [0, 0.1) is 0 Å². The number of rotatable bonds is 7. The Bertz CT molecular complexity index is 1120. The molecule has 0 atom stereocenters. The highest BCUT2D eigenvalue weighted by molar-refractivity contribution is 6.10.